The molecule has 2 N–H and O–H groups in total. The Hall–Kier alpha value is -1.95. The zero-order valence-electron chi connectivity index (χ0n) is 15.9. The van der Waals surface area contributed by atoms with E-state index in [9.17, 15) is 4.79 Å². The Morgan fingerprint density at radius 3 is 2.68 bits per heavy atom. The summed E-state index contributed by atoms with van der Waals surface area (Å²) in [4.78, 5) is 20.7. The first-order chi connectivity index (χ1) is 13.6. The minimum atomic E-state index is -0.0514. The van der Waals surface area contributed by atoms with Crippen molar-refractivity contribution in [2.24, 2.45) is 0 Å². The normalized spacial score (nSPS) is 14.6. The van der Waals surface area contributed by atoms with Crippen LogP contribution < -0.4 is 5.32 Å². The number of likely N-dealkylation sites (tertiary alicyclic amines) is 1. The molecule has 1 aromatic heterocycles. The number of aromatic amines is 1. The number of amides is 1. The molecule has 6 heteroatoms. The van der Waals surface area contributed by atoms with Gasteiger partial charge in [0.1, 0.15) is 5.69 Å². The molecule has 0 spiro atoms. The van der Waals surface area contributed by atoms with Gasteiger partial charge < -0.3 is 15.2 Å². The van der Waals surface area contributed by atoms with Crippen LogP contribution in [0.4, 0.5) is 0 Å². The lowest BCUT2D eigenvalue weighted by atomic mass is 10.2. The van der Waals surface area contributed by atoms with Gasteiger partial charge in [0.2, 0.25) is 0 Å². The molecule has 1 amide bonds. The van der Waals surface area contributed by atoms with Crippen LogP contribution in [0.15, 0.2) is 52.3 Å². The Balaban J connectivity index is 1.58. The third-order valence-corrected chi connectivity index (χ3v) is 6.47. The monoisotopic (exact) mass is 413 g/mol. The van der Waals surface area contributed by atoms with Gasteiger partial charge in [0.15, 0.2) is 0 Å². The van der Waals surface area contributed by atoms with Gasteiger partial charge in [-0.3, -0.25) is 4.79 Å². The lowest BCUT2D eigenvalue weighted by molar-refractivity contribution is 0.0942. The number of benzene rings is 2. The summed E-state index contributed by atoms with van der Waals surface area (Å²) >= 11 is 7.61. The molecule has 2 aromatic carbocycles. The number of hydrogen-bond donors (Lipinski definition) is 2. The molecular weight excluding hydrogens is 390 g/mol. The first kappa shape index (κ1) is 19.4. The van der Waals surface area contributed by atoms with Crippen molar-refractivity contribution >= 4 is 40.2 Å². The third kappa shape index (κ3) is 4.37. The molecule has 3 aromatic rings. The molecule has 2 heterocycles. The molecule has 0 radical (unpaired) electrons. The van der Waals surface area contributed by atoms with Gasteiger partial charge in [0.25, 0.3) is 5.91 Å². The van der Waals surface area contributed by atoms with E-state index in [4.69, 9.17) is 11.6 Å². The van der Waals surface area contributed by atoms with Gasteiger partial charge in [-0.1, -0.05) is 35.5 Å². The van der Waals surface area contributed by atoms with Crippen molar-refractivity contribution in [3.63, 3.8) is 0 Å². The Labute approximate surface area is 174 Å². The van der Waals surface area contributed by atoms with E-state index in [-0.39, 0.29) is 5.91 Å². The molecule has 0 atom stereocenters. The maximum atomic E-state index is 12.9. The van der Waals surface area contributed by atoms with E-state index >= 15 is 0 Å². The summed E-state index contributed by atoms with van der Waals surface area (Å²) in [7, 11) is 0. The lowest BCUT2D eigenvalue weighted by Crippen LogP contribution is -2.33. The molecule has 0 saturated carbocycles. The van der Waals surface area contributed by atoms with Gasteiger partial charge in [-0.15, -0.1) is 0 Å². The van der Waals surface area contributed by atoms with Crippen LogP contribution in [0.1, 0.15) is 28.9 Å². The van der Waals surface area contributed by atoms with Crippen molar-refractivity contribution in [2.75, 3.05) is 26.2 Å². The molecular formula is C22H24ClN3OS. The fourth-order valence-corrected chi connectivity index (χ4v) is 4.76. The lowest BCUT2D eigenvalue weighted by Gasteiger charge is -2.14. The van der Waals surface area contributed by atoms with E-state index in [2.05, 4.69) is 40.3 Å². The summed E-state index contributed by atoms with van der Waals surface area (Å²) < 4.78 is 0. The molecule has 1 aliphatic rings. The highest BCUT2D eigenvalue weighted by molar-refractivity contribution is 7.99. The second kappa shape index (κ2) is 8.60. The van der Waals surface area contributed by atoms with Crippen LogP contribution >= 0.6 is 23.4 Å². The molecule has 1 aliphatic heterocycles. The van der Waals surface area contributed by atoms with Gasteiger partial charge in [-0.05, 0) is 68.8 Å². The van der Waals surface area contributed by atoms with Crippen molar-refractivity contribution in [1.82, 2.24) is 15.2 Å². The van der Waals surface area contributed by atoms with Crippen molar-refractivity contribution in [3.8, 4) is 0 Å². The first-order valence-corrected chi connectivity index (χ1v) is 10.9. The van der Waals surface area contributed by atoms with Crippen molar-refractivity contribution < 1.29 is 4.79 Å². The van der Waals surface area contributed by atoms with Gasteiger partial charge in [0.05, 0.1) is 4.90 Å². The fraction of sp³-hybridized carbons (Fsp3) is 0.318. The number of nitrogens with zero attached hydrogens (tertiary/aromatic N) is 1. The molecule has 1 fully saturated rings. The highest BCUT2D eigenvalue weighted by Gasteiger charge is 2.19. The number of fused-ring (bicyclic) bond motifs is 1. The second-order valence-corrected chi connectivity index (χ2v) is 8.76. The Morgan fingerprint density at radius 2 is 1.93 bits per heavy atom. The van der Waals surface area contributed by atoms with Crippen LogP contribution in [0.25, 0.3) is 10.9 Å². The number of H-pyrrole nitrogens is 1. The topological polar surface area (TPSA) is 48.1 Å². The number of rotatable bonds is 6. The van der Waals surface area contributed by atoms with Crippen LogP contribution in [0.3, 0.4) is 0 Å². The predicted molar refractivity (Wildman–Crippen MR) is 117 cm³/mol. The van der Waals surface area contributed by atoms with Crippen molar-refractivity contribution in [2.45, 2.75) is 29.6 Å². The number of aromatic nitrogens is 1. The summed E-state index contributed by atoms with van der Waals surface area (Å²) in [6, 6.07) is 14.0. The van der Waals surface area contributed by atoms with E-state index in [1.807, 2.05) is 24.3 Å². The predicted octanol–water partition coefficient (Wildman–Crippen LogP) is 5.11. The minimum Gasteiger partial charge on any atom is -0.350 e. The second-order valence-electron chi connectivity index (χ2n) is 7.24. The zero-order chi connectivity index (χ0) is 19.5. The molecule has 28 heavy (non-hydrogen) atoms. The summed E-state index contributed by atoms with van der Waals surface area (Å²) in [5, 5.41) is 4.86. The van der Waals surface area contributed by atoms with Crippen LogP contribution in [-0.2, 0) is 0 Å². The van der Waals surface area contributed by atoms with E-state index in [1.54, 1.807) is 11.8 Å². The third-order valence-electron chi connectivity index (χ3n) is 5.08. The Morgan fingerprint density at radius 1 is 1.18 bits per heavy atom. The molecule has 0 bridgehead atoms. The smallest absolute Gasteiger partial charge is 0.268 e. The standard InChI is InChI=1S/C22H24ClN3OS/c1-15-4-9-18-19(14-15)25-20(21(18)28-17-7-5-16(23)6-8-17)22(27)24-10-13-26-11-2-3-12-26/h4-9,14,25H,2-3,10-13H2,1H3,(H,24,27). The maximum absolute atomic E-state index is 12.9. The van der Waals surface area contributed by atoms with E-state index < -0.39 is 0 Å². The number of carbonyl (C=O) groups excluding carboxylic acids is 1. The van der Waals surface area contributed by atoms with Crippen LogP contribution in [0.2, 0.25) is 5.02 Å². The quantitative estimate of drug-likeness (QED) is 0.590. The van der Waals surface area contributed by atoms with E-state index in [0.717, 1.165) is 45.9 Å². The average Bonchev–Trinajstić information content (AvgIpc) is 3.31. The number of hydrogen-bond acceptors (Lipinski definition) is 3. The van der Waals surface area contributed by atoms with Crippen LogP contribution in [0.5, 0.6) is 0 Å². The van der Waals surface area contributed by atoms with Gasteiger partial charge in [-0.2, -0.15) is 0 Å². The molecule has 0 aliphatic carbocycles. The average molecular weight is 414 g/mol. The summed E-state index contributed by atoms with van der Waals surface area (Å²) in [6.45, 7) is 5.91. The van der Waals surface area contributed by atoms with Crippen LogP contribution in [-0.4, -0.2) is 42.0 Å². The maximum Gasteiger partial charge on any atom is 0.268 e. The van der Waals surface area contributed by atoms with Gasteiger partial charge in [-0.25, -0.2) is 0 Å². The number of carbonyl (C=O) groups is 1. The largest absolute Gasteiger partial charge is 0.350 e. The van der Waals surface area contributed by atoms with Crippen LogP contribution in [0, 0.1) is 6.92 Å². The Bertz CT molecular complexity index is 977. The minimum absolute atomic E-state index is 0.0514. The Kier molecular flexibility index (Phi) is 5.95. The van der Waals surface area contributed by atoms with E-state index in [1.165, 1.54) is 12.8 Å². The summed E-state index contributed by atoms with van der Waals surface area (Å²) in [5.41, 5.74) is 2.78. The fourth-order valence-electron chi connectivity index (χ4n) is 3.59. The number of halogens is 1. The molecule has 4 nitrogen and oxygen atoms in total. The highest BCUT2D eigenvalue weighted by atomic mass is 35.5. The summed E-state index contributed by atoms with van der Waals surface area (Å²) in [5.74, 6) is -0.0514. The zero-order valence-corrected chi connectivity index (χ0v) is 17.5. The number of aryl methyl sites for hydroxylation is 1. The first-order valence-electron chi connectivity index (χ1n) is 9.66. The van der Waals surface area contributed by atoms with Crippen molar-refractivity contribution in [3.05, 3.63) is 58.7 Å². The molecule has 1 saturated heterocycles. The molecule has 0 unspecified atom stereocenters. The van der Waals surface area contributed by atoms with E-state index in [0.29, 0.717) is 17.3 Å². The van der Waals surface area contributed by atoms with Gasteiger partial charge in [0, 0.05) is 33.9 Å². The SMILES string of the molecule is Cc1ccc2c(Sc3ccc(Cl)cc3)c(C(=O)NCCN3CCCC3)[nH]c2c1. The molecule has 146 valence electrons. The highest BCUT2D eigenvalue weighted by Crippen LogP contribution is 2.37. The summed E-state index contributed by atoms with van der Waals surface area (Å²) in [6.07, 6.45) is 2.52. The van der Waals surface area contributed by atoms with Gasteiger partial charge >= 0.3 is 0 Å². The number of nitrogens with one attached hydrogen (secondary N) is 2. The van der Waals surface area contributed by atoms with Crippen molar-refractivity contribution in [1.29, 1.82) is 0 Å². The molecule has 4 rings (SSSR count).